The number of piperidine rings is 1. The number of aryl methyl sites for hydroxylation is 3. The molecule has 0 radical (unpaired) electrons. The van der Waals surface area contributed by atoms with Gasteiger partial charge in [-0.25, -0.2) is 4.79 Å². The SMILES string of the molecule is Cc1[nH]c2c(C)ccc(C)c2c1CC(=O)N1CCC2(CC1)NC(=O)N(C)C2=O. The van der Waals surface area contributed by atoms with Crippen molar-refractivity contribution in [1.29, 1.82) is 0 Å². The van der Waals surface area contributed by atoms with E-state index in [-0.39, 0.29) is 17.8 Å². The molecule has 2 N–H and O–H groups in total. The molecule has 1 aromatic heterocycles. The third-order valence-corrected chi connectivity index (χ3v) is 6.35. The number of urea groups is 1. The molecule has 0 saturated carbocycles. The molecule has 0 unspecified atom stereocenters. The number of nitrogens with one attached hydrogen (secondary N) is 2. The third-order valence-electron chi connectivity index (χ3n) is 6.35. The molecule has 1 aromatic carbocycles. The van der Waals surface area contributed by atoms with Crippen molar-refractivity contribution in [2.75, 3.05) is 20.1 Å². The first-order valence-corrected chi connectivity index (χ1v) is 9.69. The highest BCUT2D eigenvalue weighted by molar-refractivity contribution is 6.07. The lowest BCUT2D eigenvalue weighted by molar-refractivity contribution is -0.137. The van der Waals surface area contributed by atoms with E-state index < -0.39 is 5.54 Å². The number of H-pyrrole nitrogens is 1. The van der Waals surface area contributed by atoms with E-state index in [9.17, 15) is 14.4 Å². The Morgan fingerprint density at radius 2 is 1.75 bits per heavy atom. The summed E-state index contributed by atoms with van der Waals surface area (Å²) in [5, 5.41) is 3.95. The van der Waals surface area contributed by atoms with Crippen molar-refractivity contribution >= 4 is 28.7 Å². The van der Waals surface area contributed by atoms with Gasteiger partial charge in [0.05, 0.1) is 6.42 Å². The van der Waals surface area contributed by atoms with E-state index >= 15 is 0 Å². The minimum absolute atomic E-state index is 0.0601. The number of likely N-dealkylation sites (N-methyl/N-ethyl adjacent to an activating group) is 1. The fraction of sp³-hybridized carbons (Fsp3) is 0.476. The monoisotopic (exact) mass is 382 g/mol. The lowest BCUT2D eigenvalue weighted by atomic mass is 9.87. The van der Waals surface area contributed by atoms with Crippen LogP contribution in [0.5, 0.6) is 0 Å². The van der Waals surface area contributed by atoms with Gasteiger partial charge in [0.15, 0.2) is 0 Å². The molecule has 7 nitrogen and oxygen atoms in total. The van der Waals surface area contributed by atoms with Gasteiger partial charge in [-0.05, 0) is 50.3 Å². The van der Waals surface area contributed by atoms with Gasteiger partial charge in [0.25, 0.3) is 5.91 Å². The molecule has 148 valence electrons. The topological polar surface area (TPSA) is 85.5 Å². The Morgan fingerprint density at radius 3 is 2.36 bits per heavy atom. The molecule has 2 aliphatic rings. The van der Waals surface area contributed by atoms with Crippen molar-refractivity contribution in [3.8, 4) is 0 Å². The van der Waals surface area contributed by atoms with Crippen LogP contribution in [-0.2, 0) is 16.0 Å². The number of carbonyl (C=O) groups is 3. The summed E-state index contributed by atoms with van der Waals surface area (Å²) in [5.74, 6) is -0.131. The van der Waals surface area contributed by atoms with Gasteiger partial charge in [-0.1, -0.05) is 12.1 Å². The molecule has 1 spiro atoms. The Morgan fingerprint density at radius 1 is 1.11 bits per heavy atom. The maximum atomic E-state index is 13.0. The van der Waals surface area contributed by atoms with Gasteiger partial charge in [-0.3, -0.25) is 14.5 Å². The van der Waals surface area contributed by atoms with Crippen molar-refractivity contribution in [3.05, 3.63) is 34.5 Å². The summed E-state index contributed by atoms with van der Waals surface area (Å²) >= 11 is 0. The standard InChI is InChI=1S/C21H26N4O3/c1-12-5-6-13(2)18-17(12)15(14(3)22-18)11-16(26)25-9-7-21(8-10-25)19(27)24(4)20(28)23-21/h5-6,22H,7-11H2,1-4H3,(H,23,28). The second kappa shape index (κ2) is 6.36. The van der Waals surface area contributed by atoms with Gasteiger partial charge >= 0.3 is 6.03 Å². The summed E-state index contributed by atoms with van der Waals surface area (Å²) < 4.78 is 0. The summed E-state index contributed by atoms with van der Waals surface area (Å²) in [5.41, 5.74) is 4.66. The van der Waals surface area contributed by atoms with Crippen molar-refractivity contribution < 1.29 is 14.4 Å². The smallest absolute Gasteiger partial charge is 0.324 e. The molecule has 2 aliphatic heterocycles. The number of nitrogens with zero attached hydrogens (tertiary/aromatic N) is 2. The van der Waals surface area contributed by atoms with Gasteiger partial charge in [-0.15, -0.1) is 0 Å². The Labute approximate surface area is 164 Å². The number of aromatic nitrogens is 1. The maximum Gasteiger partial charge on any atom is 0.324 e. The summed E-state index contributed by atoms with van der Waals surface area (Å²) in [7, 11) is 1.49. The van der Waals surface area contributed by atoms with E-state index in [0.29, 0.717) is 32.4 Å². The first kappa shape index (κ1) is 18.5. The average molecular weight is 382 g/mol. The molecule has 4 rings (SSSR count). The van der Waals surface area contributed by atoms with E-state index in [1.807, 2.05) is 11.8 Å². The van der Waals surface area contributed by atoms with Gasteiger partial charge in [0.1, 0.15) is 5.54 Å². The van der Waals surface area contributed by atoms with Crippen LogP contribution in [0.2, 0.25) is 0 Å². The Kier molecular flexibility index (Phi) is 4.21. The van der Waals surface area contributed by atoms with Crippen LogP contribution in [0.4, 0.5) is 4.79 Å². The van der Waals surface area contributed by atoms with Crippen LogP contribution >= 0.6 is 0 Å². The van der Waals surface area contributed by atoms with Crippen LogP contribution in [-0.4, -0.2) is 58.3 Å². The van der Waals surface area contributed by atoms with Crippen LogP contribution in [0.3, 0.4) is 0 Å². The quantitative estimate of drug-likeness (QED) is 0.781. The lowest BCUT2D eigenvalue weighted by Crippen LogP contribution is -2.56. The maximum absolute atomic E-state index is 13.0. The number of carbonyl (C=O) groups excluding carboxylic acids is 3. The van der Waals surface area contributed by atoms with Crippen LogP contribution < -0.4 is 5.32 Å². The van der Waals surface area contributed by atoms with E-state index in [1.54, 1.807) is 0 Å². The fourth-order valence-electron chi connectivity index (χ4n) is 4.53. The Balaban J connectivity index is 1.51. The molecule has 2 saturated heterocycles. The molecule has 4 amide bonds. The third kappa shape index (κ3) is 2.68. The number of benzene rings is 1. The largest absolute Gasteiger partial charge is 0.358 e. The number of imide groups is 1. The molecule has 0 atom stereocenters. The Hall–Kier alpha value is -2.83. The van der Waals surface area contributed by atoms with Crippen molar-refractivity contribution in [1.82, 2.24) is 20.1 Å². The van der Waals surface area contributed by atoms with E-state index in [0.717, 1.165) is 32.6 Å². The molecular formula is C21H26N4O3. The van der Waals surface area contributed by atoms with E-state index in [2.05, 4.69) is 36.3 Å². The second-order valence-corrected chi connectivity index (χ2v) is 8.11. The zero-order valence-corrected chi connectivity index (χ0v) is 16.8. The Bertz CT molecular complexity index is 999. The summed E-state index contributed by atoms with van der Waals surface area (Å²) in [6, 6.07) is 3.83. The van der Waals surface area contributed by atoms with E-state index in [4.69, 9.17) is 0 Å². The summed E-state index contributed by atoms with van der Waals surface area (Å²) in [4.78, 5) is 43.6. The van der Waals surface area contributed by atoms with Crippen LogP contribution in [0.15, 0.2) is 12.1 Å². The molecule has 0 bridgehead atoms. The minimum Gasteiger partial charge on any atom is -0.358 e. The highest BCUT2D eigenvalue weighted by Crippen LogP contribution is 2.31. The lowest BCUT2D eigenvalue weighted by Gasteiger charge is -2.37. The summed E-state index contributed by atoms with van der Waals surface area (Å²) in [6.07, 6.45) is 1.25. The van der Waals surface area contributed by atoms with Gasteiger partial charge in [0, 0.05) is 36.7 Å². The average Bonchev–Trinajstić information content (AvgIpc) is 3.10. The zero-order chi connectivity index (χ0) is 20.2. The molecule has 0 aliphatic carbocycles. The normalized spacial score (nSPS) is 19.0. The van der Waals surface area contributed by atoms with Crippen molar-refractivity contribution in [2.24, 2.45) is 0 Å². The molecule has 7 heteroatoms. The number of hydrogen-bond acceptors (Lipinski definition) is 3. The number of amides is 4. The predicted molar refractivity (Wildman–Crippen MR) is 106 cm³/mol. The second-order valence-electron chi connectivity index (χ2n) is 8.11. The van der Waals surface area contributed by atoms with Crippen LogP contribution in [0, 0.1) is 20.8 Å². The van der Waals surface area contributed by atoms with E-state index in [1.165, 1.54) is 12.6 Å². The number of rotatable bonds is 2. The highest BCUT2D eigenvalue weighted by atomic mass is 16.2. The highest BCUT2D eigenvalue weighted by Gasteiger charge is 2.51. The van der Waals surface area contributed by atoms with Gasteiger partial charge < -0.3 is 15.2 Å². The summed E-state index contributed by atoms with van der Waals surface area (Å²) in [6.45, 7) is 7.08. The molecule has 2 fully saturated rings. The fourth-order valence-corrected chi connectivity index (χ4v) is 4.53. The van der Waals surface area contributed by atoms with Gasteiger partial charge in [-0.2, -0.15) is 0 Å². The minimum atomic E-state index is -0.840. The van der Waals surface area contributed by atoms with Crippen molar-refractivity contribution in [3.63, 3.8) is 0 Å². The number of aromatic amines is 1. The molecule has 2 aromatic rings. The van der Waals surface area contributed by atoms with Gasteiger partial charge in [0.2, 0.25) is 5.91 Å². The molecule has 3 heterocycles. The predicted octanol–water partition coefficient (Wildman–Crippen LogP) is 2.18. The zero-order valence-electron chi connectivity index (χ0n) is 16.8. The number of fused-ring (bicyclic) bond motifs is 1. The van der Waals surface area contributed by atoms with Crippen LogP contribution in [0.1, 0.15) is 35.2 Å². The first-order chi connectivity index (χ1) is 13.2. The number of hydrogen-bond donors (Lipinski definition) is 2. The first-order valence-electron chi connectivity index (χ1n) is 9.69. The molecular weight excluding hydrogens is 356 g/mol. The number of likely N-dealkylation sites (tertiary alicyclic amines) is 1. The van der Waals surface area contributed by atoms with Crippen molar-refractivity contribution in [2.45, 2.75) is 45.6 Å². The van der Waals surface area contributed by atoms with Crippen LogP contribution in [0.25, 0.3) is 10.9 Å². The molecule has 28 heavy (non-hydrogen) atoms.